The van der Waals surface area contributed by atoms with Gasteiger partial charge in [-0.3, -0.25) is 4.79 Å². The first kappa shape index (κ1) is 12.3. The van der Waals surface area contributed by atoms with Crippen LogP contribution in [0.4, 0.5) is 0 Å². The second-order valence-electron chi connectivity index (χ2n) is 4.14. The van der Waals surface area contributed by atoms with Crippen molar-refractivity contribution in [3.63, 3.8) is 0 Å². The number of rotatable bonds is 4. The van der Waals surface area contributed by atoms with E-state index >= 15 is 0 Å². The molecule has 18 heavy (non-hydrogen) atoms. The van der Waals surface area contributed by atoms with Crippen molar-refractivity contribution in [2.24, 2.45) is 0 Å². The standard InChI is InChI=1S/C15H15NO2/c1-11-5-7-12(8-6-11)10-13(17)15-14(18-2)4-3-9-16-15/h3-9H,10H2,1-2H3. The van der Waals surface area contributed by atoms with Crippen LogP contribution in [0.15, 0.2) is 42.6 Å². The third kappa shape index (κ3) is 2.74. The Morgan fingerprint density at radius 3 is 2.61 bits per heavy atom. The number of Topliss-reactive ketones (excluding diaryl/α,β-unsaturated/α-hetero) is 1. The molecule has 2 rings (SSSR count). The molecular weight excluding hydrogens is 226 g/mol. The predicted octanol–water partition coefficient (Wildman–Crippen LogP) is 2.82. The van der Waals surface area contributed by atoms with Gasteiger partial charge in [0, 0.05) is 12.6 Å². The van der Waals surface area contributed by atoms with Gasteiger partial charge >= 0.3 is 0 Å². The number of hydrogen-bond donors (Lipinski definition) is 0. The van der Waals surface area contributed by atoms with Crippen LogP contribution in [0.3, 0.4) is 0 Å². The van der Waals surface area contributed by atoms with Crippen molar-refractivity contribution in [3.8, 4) is 5.75 Å². The number of ketones is 1. The lowest BCUT2D eigenvalue weighted by Crippen LogP contribution is -2.08. The number of carbonyl (C=O) groups excluding carboxylic acids is 1. The Kier molecular flexibility index (Phi) is 3.72. The highest BCUT2D eigenvalue weighted by molar-refractivity contribution is 5.98. The lowest BCUT2D eigenvalue weighted by Gasteiger charge is -2.06. The van der Waals surface area contributed by atoms with Gasteiger partial charge in [-0.25, -0.2) is 4.98 Å². The van der Waals surface area contributed by atoms with Crippen LogP contribution in [0.5, 0.6) is 5.75 Å². The summed E-state index contributed by atoms with van der Waals surface area (Å²) in [7, 11) is 1.54. The molecule has 3 nitrogen and oxygen atoms in total. The number of hydrogen-bond acceptors (Lipinski definition) is 3. The fraction of sp³-hybridized carbons (Fsp3) is 0.200. The van der Waals surface area contributed by atoms with Crippen LogP contribution in [-0.2, 0) is 6.42 Å². The van der Waals surface area contributed by atoms with Crippen LogP contribution in [0, 0.1) is 6.92 Å². The van der Waals surface area contributed by atoms with Crippen LogP contribution in [-0.4, -0.2) is 17.9 Å². The Bertz CT molecular complexity index is 547. The summed E-state index contributed by atoms with van der Waals surface area (Å²) < 4.78 is 5.14. The number of pyridine rings is 1. The second kappa shape index (κ2) is 5.45. The predicted molar refractivity (Wildman–Crippen MR) is 70.0 cm³/mol. The zero-order valence-corrected chi connectivity index (χ0v) is 10.5. The largest absolute Gasteiger partial charge is 0.494 e. The maximum absolute atomic E-state index is 12.1. The van der Waals surface area contributed by atoms with E-state index in [9.17, 15) is 4.79 Å². The molecule has 92 valence electrons. The molecule has 0 aliphatic rings. The molecule has 0 bridgehead atoms. The third-order valence-electron chi connectivity index (χ3n) is 2.74. The normalized spacial score (nSPS) is 10.1. The van der Waals surface area contributed by atoms with Crippen molar-refractivity contribution in [1.29, 1.82) is 0 Å². The molecule has 0 amide bonds. The van der Waals surface area contributed by atoms with E-state index in [2.05, 4.69) is 4.98 Å². The number of benzene rings is 1. The summed E-state index contributed by atoms with van der Waals surface area (Å²) in [6.45, 7) is 2.02. The van der Waals surface area contributed by atoms with E-state index in [1.54, 1.807) is 25.4 Å². The number of aryl methyl sites for hydroxylation is 1. The molecule has 3 heteroatoms. The van der Waals surface area contributed by atoms with Crippen molar-refractivity contribution >= 4 is 5.78 Å². The minimum absolute atomic E-state index is 0.0312. The zero-order valence-electron chi connectivity index (χ0n) is 10.5. The highest BCUT2D eigenvalue weighted by Crippen LogP contribution is 2.17. The van der Waals surface area contributed by atoms with Gasteiger partial charge in [-0.1, -0.05) is 29.8 Å². The Balaban J connectivity index is 2.19. The van der Waals surface area contributed by atoms with Gasteiger partial charge in [0.25, 0.3) is 0 Å². The van der Waals surface area contributed by atoms with E-state index in [1.165, 1.54) is 5.56 Å². The molecule has 0 N–H and O–H groups in total. The van der Waals surface area contributed by atoms with E-state index in [0.717, 1.165) is 5.56 Å². The van der Waals surface area contributed by atoms with Gasteiger partial charge in [0.05, 0.1) is 7.11 Å². The van der Waals surface area contributed by atoms with Gasteiger partial charge in [-0.2, -0.15) is 0 Å². The average Bonchev–Trinajstić information content (AvgIpc) is 2.41. The highest BCUT2D eigenvalue weighted by atomic mass is 16.5. The number of ether oxygens (including phenoxy) is 1. The monoisotopic (exact) mass is 241 g/mol. The van der Waals surface area contributed by atoms with Crippen molar-refractivity contribution < 1.29 is 9.53 Å². The molecule has 0 radical (unpaired) electrons. The van der Waals surface area contributed by atoms with Crippen molar-refractivity contribution in [3.05, 3.63) is 59.4 Å². The summed E-state index contributed by atoms with van der Waals surface area (Å²) >= 11 is 0. The van der Waals surface area contributed by atoms with E-state index in [0.29, 0.717) is 17.9 Å². The van der Waals surface area contributed by atoms with E-state index in [-0.39, 0.29) is 5.78 Å². The maximum Gasteiger partial charge on any atom is 0.189 e. The molecule has 2 aromatic rings. The molecule has 1 heterocycles. The smallest absolute Gasteiger partial charge is 0.189 e. The third-order valence-corrected chi connectivity index (χ3v) is 2.74. The molecule has 1 aromatic heterocycles. The fourth-order valence-corrected chi connectivity index (χ4v) is 1.74. The number of aromatic nitrogens is 1. The Morgan fingerprint density at radius 1 is 1.22 bits per heavy atom. The quantitative estimate of drug-likeness (QED) is 0.773. The highest BCUT2D eigenvalue weighted by Gasteiger charge is 2.13. The summed E-state index contributed by atoms with van der Waals surface area (Å²) in [5.41, 5.74) is 2.56. The van der Waals surface area contributed by atoms with Gasteiger partial charge in [0.15, 0.2) is 5.78 Å². The molecule has 0 unspecified atom stereocenters. The van der Waals surface area contributed by atoms with Crippen molar-refractivity contribution in [2.75, 3.05) is 7.11 Å². The number of methoxy groups -OCH3 is 1. The molecule has 0 saturated carbocycles. The van der Waals surface area contributed by atoms with Gasteiger partial charge in [-0.15, -0.1) is 0 Å². The molecule has 0 spiro atoms. The SMILES string of the molecule is COc1cccnc1C(=O)Cc1ccc(C)cc1. The van der Waals surface area contributed by atoms with Crippen LogP contribution in [0.2, 0.25) is 0 Å². The van der Waals surface area contributed by atoms with E-state index < -0.39 is 0 Å². The Hall–Kier alpha value is -2.16. The summed E-state index contributed by atoms with van der Waals surface area (Å²) in [4.78, 5) is 16.2. The molecule has 0 aliphatic carbocycles. The van der Waals surface area contributed by atoms with Crippen molar-refractivity contribution in [1.82, 2.24) is 4.98 Å². The van der Waals surface area contributed by atoms with Gasteiger partial charge in [0.1, 0.15) is 11.4 Å². The summed E-state index contributed by atoms with van der Waals surface area (Å²) in [6.07, 6.45) is 1.94. The minimum atomic E-state index is -0.0312. The minimum Gasteiger partial charge on any atom is -0.494 e. The topological polar surface area (TPSA) is 39.2 Å². The molecule has 0 saturated heterocycles. The number of carbonyl (C=O) groups is 1. The first-order valence-electron chi connectivity index (χ1n) is 5.78. The van der Waals surface area contributed by atoms with Crippen LogP contribution in [0.25, 0.3) is 0 Å². The first-order valence-corrected chi connectivity index (χ1v) is 5.78. The Morgan fingerprint density at radius 2 is 1.94 bits per heavy atom. The van der Waals surface area contributed by atoms with Crippen LogP contribution in [0.1, 0.15) is 21.6 Å². The average molecular weight is 241 g/mol. The number of nitrogens with zero attached hydrogens (tertiary/aromatic N) is 1. The molecule has 0 aliphatic heterocycles. The zero-order chi connectivity index (χ0) is 13.0. The van der Waals surface area contributed by atoms with Crippen molar-refractivity contribution in [2.45, 2.75) is 13.3 Å². The molecule has 0 atom stereocenters. The first-order chi connectivity index (χ1) is 8.70. The van der Waals surface area contributed by atoms with Gasteiger partial charge in [0.2, 0.25) is 0 Å². The fourth-order valence-electron chi connectivity index (χ4n) is 1.74. The Labute approximate surface area is 106 Å². The van der Waals surface area contributed by atoms with Crippen LogP contribution >= 0.6 is 0 Å². The summed E-state index contributed by atoms with van der Waals surface area (Å²) in [6, 6.07) is 11.4. The second-order valence-corrected chi connectivity index (χ2v) is 4.14. The van der Waals surface area contributed by atoms with Gasteiger partial charge < -0.3 is 4.74 Å². The molecule has 0 fully saturated rings. The van der Waals surface area contributed by atoms with Crippen LogP contribution < -0.4 is 4.74 Å². The summed E-state index contributed by atoms with van der Waals surface area (Å²) in [5.74, 6) is 0.492. The van der Waals surface area contributed by atoms with Gasteiger partial charge in [-0.05, 0) is 24.6 Å². The molecular formula is C15H15NO2. The lowest BCUT2D eigenvalue weighted by atomic mass is 10.0. The lowest BCUT2D eigenvalue weighted by molar-refractivity contribution is 0.0985. The summed E-state index contributed by atoms with van der Waals surface area (Å²) in [5, 5.41) is 0. The maximum atomic E-state index is 12.1. The van der Waals surface area contributed by atoms with E-state index in [4.69, 9.17) is 4.74 Å². The molecule has 1 aromatic carbocycles. The van der Waals surface area contributed by atoms with E-state index in [1.807, 2.05) is 31.2 Å².